The molecule has 0 aromatic carbocycles. The van der Waals surface area contributed by atoms with E-state index in [0.717, 1.165) is 4.57 Å². The number of rotatable bonds is 3. The molecule has 1 aliphatic heterocycles. The molecule has 1 aliphatic rings. The monoisotopic (exact) mass is 355 g/mol. The number of nitrogens with zero attached hydrogens (tertiary/aromatic N) is 1. The van der Waals surface area contributed by atoms with E-state index >= 15 is 0 Å². The van der Waals surface area contributed by atoms with E-state index in [0.29, 0.717) is 12.5 Å². The van der Waals surface area contributed by atoms with Gasteiger partial charge in [-0.1, -0.05) is 6.92 Å². The molecule has 2 heterocycles. The molecule has 128 valence electrons. The minimum Gasteiger partial charge on any atom is -0.478 e. The Morgan fingerprint density at radius 3 is 2.43 bits per heavy atom. The molecule has 0 radical (unpaired) electrons. The summed E-state index contributed by atoms with van der Waals surface area (Å²) in [5.41, 5.74) is -7.18. The van der Waals surface area contributed by atoms with Crippen molar-refractivity contribution in [2.75, 3.05) is 0 Å². The number of carboxylic acids is 1. The van der Waals surface area contributed by atoms with Gasteiger partial charge in [0, 0.05) is 17.8 Å². The molecule has 2 atom stereocenters. The molecule has 2 unspecified atom stereocenters. The molecule has 0 saturated carbocycles. The number of hydrogen-bond acceptors (Lipinski definition) is 5. The van der Waals surface area contributed by atoms with Crippen LogP contribution in [0.3, 0.4) is 0 Å². The van der Waals surface area contributed by atoms with Crippen LogP contribution in [-0.2, 0) is 10.1 Å². The quantitative estimate of drug-likeness (QED) is 0.656. The van der Waals surface area contributed by atoms with Gasteiger partial charge in [-0.05, 0) is 19.3 Å². The van der Waals surface area contributed by atoms with E-state index < -0.39 is 44.5 Å². The second-order valence-corrected chi connectivity index (χ2v) is 6.79. The van der Waals surface area contributed by atoms with Crippen molar-refractivity contribution in [1.29, 1.82) is 0 Å². The molecule has 7 nitrogen and oxygen atoms in total. The zero-order valence-electron chi connectivity index (χ0n) is 11.9. The fraction of sp³-hybridized carbons (Fsp3) is 0.500. The van der Waals surface area contributed by atoms with Gasteiger partial charge in [0.05, 0.1) is 5.56 Å². The summed E-state index contributed by atoms with van der Waals surface area (Å²) in [5.74, 6) is -3.01. The standard InChI is InChI=1S/C12H12F3NO6S/c1-5-3-6(2)16-9(5)7(11(18)19)4-8(10(16)17)22-23(20,21)12(13,14)15/h4-6H,3H2,1-2H3,(H,18,19). The number of carbonyl (C=O) groups is 1. The fourth-order valence-corrected chi connectivity index (χ4v) is 3.14. The van der Waals surface area contributed by atoms with Gasteiger partial charge in [0.25, 0.3) is 5.56 Å². The maximum absolute atomic E-state index is 12.4. The third-order valence-electron chi connectivity index (χ3n) is 3.56. The summed E-state index contributed by atoms with van der Waals surface area (Å²) in [6, 6.07) is 0.0247. The van der Waals surface area contributed by atoms with E-state index in [1.165, 1.54) is 0 Å². The number of pyridine rings is 1. The molecule has 23 heavy (non-hydrogen) atoms. The lowest BCUT2D eigenvalue weighted by atomic mass is 10.0. The van der Waals surface area contributed by atoms with E-state index in [1.54, 1.807) is 13.8 Å². The maximum atomic E-state index is 12.4. The number of carboxylic acid groups (broad SMARTS) is 1. The van der Waals surface area contributed by atoms with Crippen LogP contribution in [0.2, 0.25) is 0 Å². The average molecular weight is 355 g/mol. The third kappa shape index (κ3) is 2.80. The van der Waals surface area contributed by atoms with Gasteiger partial charge in [0.1, 0.15) is 0 Å². The normalized spacial score (nSPS) is 21.1. The third-order valence-corrected chi connectivity index (χ3v) is 4.52. The van der Waals surface area contributed by atoms with Crippen molar-refractivity contribution >= 4 is 16.1 Å². The Bertz CT molecular complexity index is 826. The molecule has 0 aliphatic carbocycles. The SMILES string of the molecule is CC1CC(C)n2c1c(C(=O)O)cc(OS(=O)(=O)C(F)(F)F)c2=O. The predicted molar refractivity (Wildman–Crippen MR) is 71.0 cm³/mol. The Hall–Kier alpha value is -2.04. The van der Waals surface area contributed by atoms with Crippen LogP contribution in [0, 0.1) is 0 Å². The average Bonchev–Trinajstić information content (AvgIpc) is 2.66. The van der Waals surface area contributed by atoms with Crippen molar-refractivity contribution in [3.63, 3.8) is 0 Å². The first-order valence-corrected chi connectivity index (χ1v) is 7.81. The van der Waals surface area contributed by atoms with Gasteiger partial charge in [0.2, 0.25) is 5.75 Å². The summed E-state index contributed by atoms with van der Waals surface area (Å²) in [4.78, 5) is 23.5. The molecule has 0 amide bonds. The largest absolute Gasteiger partial charge is 0.534 e. The number of halogens is 3. The first kappa shape index (κ1) is 17.3. The van der Waals surface area contributed by atoms with Gasteiger partial charge in [0.15, 0.2) is 0 Å². The highest BCUT2D eigenvalue weighted by Crippen LogP contribution is 2.37. The van der Waals surface area contributed by atoms with E-state index in [9.17, 15) is 36.3 Å². The minimum absolute atomic E-state index is 0.131. The van der Waals surface area contributed by atoms with Gasteiger partial charge < -0.3 is 13.9 Å². The Labute approximate surface area is 128 Å². The highest BCUT2D eigenvalue weighted by molar-refractivity contribution is 7.87. The van der Waals surface area contributed by atoms with Gasteiger partial charge in [-0.2, -0.15) is 21.6 Å². The number of alkyl halides is 3. The van der Waals surface area contributed by atoms with Gasteiger partial charge >= 0.3 is 21.6 Å². The van der Waals surface area contributed by atoms with Crippen LogP contribution in [0.25, 0.3) is 0 Å². The molecule has 2 rings (SSSR count). The van der Waals surface area contributed by atoms with Crippen molar-refractivity contribution in [3.8, 4) is 5.75 Å². The zero-order valence-corrected chi connectivity index (χ0v) is 12.7. The second kappa shape index (κ2) is 5.25. The molecule has 11 heteroatoms. The van der Waals surface area contributed by atoms with Gasteiger partial charge in [-0.3, -0.25) is 4.79 Å². The van der Waals surface area contributed by atoms with Crippen LogP contribution >= 0.6 is 0 Å². The summed E-state index contributed by atoms with van der Waals surface area (Å²) in [5, 5.41) is 9.18. The first-order valence-electron chi connectivity index (χ1n) is 6.40. The lowest BCUT2D eigenvalue weighted by Crippen LogP contribution is -2.32. The van der Waals surface area contributed by atoms with Crippen molar-refractivity contribution in [2.24, 2.45) is 0 Å². The van der Waals surface area contributed by atoms with Crippen molar-refractivity contribution < 1.29 is 35.7 Å². The molecule has 0 fully saturated rings. The number of aromatic nitrogens is 1. The molecule has 1 N–H and O–H groups in total. The van der Waals surface area contributed by atoms with Crippen LogP contribution in [-0.4, -0.2) is 29.6 Å². The first-order chi connectivity index (χ1) is 10.4. The summed E-state index contributed by atoms with van der Waals surface area (Å²) in [6.45, 7) is 3.23. The van der Waals surface area contributed by atoms with Gasteiger partial charge in [-0.25, -0.2) is 4.79 Å². The van der Waals surface area contributed by atoms with Gasteiger partial charge in [-0.15, -0.1) is 0 Å². The lowest BCUT2D eigenvalue weighted by molar-refractivity contribution is -0.0500. The van der Waals surface area contributed by atoms with E-state index in [4.69, 9.17) is 0 Å². The summed E-state index contributed by atoms with van der Waals surface area (Å²) in [7, 11) is -6.07. The Balaban J connectivity index is 2.70. The summed E-state index contributed by atoms with van der Waals surface area (Å²) >= 11 is 0. The molecular weight excluding hydrogens is 343 g/mol. The molecule has 0 spiro atoms. The summed E-state index contributed by atoms with van der Waals surface area (Å²) in [6.07, 6.45) is 0.394. The molecule has 0 bridgehead atoms. The highest BCUT2D eigenvalue weighted by atomic mass is 32.2. The van der Waals surface area contributed by atoms with E-state index in [-0.39, 0.29) is 11.6 Å². The van der Waals surface area contributed by atoms with Crippen LogP contribution in [0.1, 0.15) is 48.3 Å². The highest BCUT2D eigenvalue weighted by Gasteiger charge is 2.49. The Kier molecular flexibility index (Phi) is 3.95. The number of aromatic carboxylic acids is 1. The fourth-order valence-electron chi connectivity index (χ4n) is 2.69. The zero-order chi connectivity index (χ0) is 17.7. The molecule has 1 aromatic rings. The van der Waals surface area contributed by atoms with Crippen molar-refractivity contribution in [1.82, 2.24) is 4.57 Å². The summed E-state index contributed by atoms with van der Waals surface area (Å²) < 4.78 is 64.1. The number of hydrogen-bond donors (Lipinski definition) is 1. The van der Waals surface area contributed by atoms with Crippen molar-refractivity contribution in [2.45, 2.75) is 37.7 Å². The smallest absolute Gasteiger partial charge is 0.478 e. The minimum atomic E-state index is -6.07. The molecule has 0 saturated heterocycles. The van der Waals surface area contributed by atoms with E-state index in [2.05, 4.69) is 4.18 Å². The van der Waals surface area contributed by atoms with E-state index in [1.807, 2.05) is 0 Å². The van der Waals surface area contributed by atoms with Crippen LogP contribution in [0.5, 0.6) is 5.75 Å². The van der Waals surface area contributed by atoms with Crippen LogP contribution in [0.4, 0.5) is 13.2 Å². The topological polar surface area (TPSA) is 103 Å². The van der Waals surface area contributed by atoms with Crippen LogP contribution < -0.4 is 9.74 Å². The predicted octanol–water partition coefficient (Wildman–Crippen LogP) is 1.84. The Morgan fingerprint density at radius 1 is 1.39 bits per heavy atom. The van der Waals surface area contributed by atoms with Crippen molar-refractivity contribution in [3.05, 3.63) is 27.7 Å². The van der Waals surface area contributed by atoms with Crippen LogP contribution in [0.15, 0.2) is 10.9 Å². The molecular formula is C12H12F3NO6S. The molecule has 1 aromatic heterocycles. The maximum Gasteiger partial charge on any atom is 0.534 e. The Morgan fingerprint density at radius 2 is 1.96 bits per heavy atom. The second-order valence-electron chi connectivity index (χ2n) is 5.26. The lowest BCUT2D eigenvalue weighted by Gasteiger charge is -2.15. The number of fused-ring (bicyclic) bond motifs is 1.